The summed E-state index contributed by atoms with van der Waals surface area (Å²) in [6, 6.07) is 14.3. The lowest BCUT2D eigenvalue weighted by Crippen LogP contribution is -2.45. The van der Waals surface area contributed by atoms with Gasteiger partial charge in [-0.1, -0.05) is 30.3 Å². The van der Waals surface area contributed by atoms with Gasteiger partial charge in [-0.05, 0) is 61.9 Å². The van der Waals surface area contributed by atoms with Crippen molar-refractivity contribution in [2.75, 3.05) is 19.6 Å². The summed E-state index contributed by atoms with van der Waals surface area (Å²) in [5.41, 5.74) is 2.55. The summed E-state index contributed by atoms with van der Waals surface area (Å²) in [5, 5.41) is 2.95. The Balaban J connectivity index is 1.39. The fourth-order valence-electron chi connectivity index (χ4n) is 4.25. The van der Waals surface area contributed by atoms with Gasteiger partial charge in [0.05, 0.1) is 17.1 Å². The highest BCUT2D eigenvalue weighted by molar-refractivity contribution is 7.89. The van der Waals surface area contributed by atoms with Crippen molar-refractivity contribution in [3.8, 4) is 0 Å². The summed E-state index contributed by atoms with van der Waals surface area (Å²) in [5.74, 6) is 0.146. The first-order valence-electron chi connectivity index (χ1n) is 11.6. The van der Waals surface area contributed by atoms with Crippen molar-refractivity contribution in [2.24, 2.45) is 5.92 Å². The minimum atomic E-state index is -3.62. The second-order valence-corrected chi connectivity index (χ2v) is 11.0. The number of carbonyl (C=O) groups excluding carboxylic acids is 1. The van der Waals surface area contributed by atoms with Crippen molar-refractivity contribution in [1.29, 1.82) is 0 Å². The van der Waals surface area contributed by atoms with Crippen LogP contribution in [-0.2, 0) is 27.8 Å². The molecule has 1 saturated carbocycles. The van der Waals surface area contributed by atoms with E-state index in [0.29, 0.717) is 24.6 Å². The molecule has 2 aliphatic rings. The van der Waals surface area contributed by atoms with Crippen LogP contribution in [0.5, 0.6) is 0 Å². The molecule has 2 atom stereocenters. The van der Waals surface area contributed by atoms with Gasteiger partial charge in [0.25, 0.3) is 5.91 Å². The van der Waals surface area contributed by atoms with Crippen LogP contribution in [0.4, 0.5) is 0 Å². The molecule has 2 N–H and O–H groups in total. The van der Waals surface area contributed by atoms with Gasteiger partial charge in [-0.2, -0.15) is 0 Å². The minimum Gasteiger partial charge on any atom is -0.373 e. The SMILES string of the molecule is CC1CN(Cc2ccccc2CNC(=O)c2cccc(S(=O)(=O)NCC3CC3)c2)CC(C)O1. The first-order valence-corrected chi connectivity index (χ1v) is 13.1. The van der Waals surface area contributed by atoms with E-state index in [0.717, 1.165) is 38.0 Å². The molecule has 0 aromatic heterocycles. The molecule has 8 heteroatoms. The highest BCUT2D eigenvalue weighted by atomic mass is 32.2. The Bertz CT molecular complexity index is 1070. The highest BCUT2D eigenvalue weighted by Gasteiger charge is 2.25. The van der Waals surface area contributed by atoms with Gasteiger partial charge in [-0.3, -0.25) is 9.69 Å². The normalized spacial score (nSPS) is 21.6. The Labute approximate surface area is 196 Å². The van der Waals surface area contributed by atoms with Crippen molar-refractivity contribution in [2.45, 2.75) is 56.9 Å². The molecule has 1 amide bonds. The number of amides is 1. The van der Waals surface area contributed by atoms with E-state index in [1.54, 1.807) is 12.1 Å². The number of benzene rings is 2. The number of rotatable bonds is 9. The molecule has 2 aromatic carbocycles. The fourth-order valence-corrected chi connectivity index (χ4v) is 5.42. The zero-order valence-electron chi connectivity index (χ0n) is 19.3. The second kappa shape index (κ2) is 10.3. The van der Waals surface area contributed by atoms with Crippen LogP contribution in [0.3, 0.4) is 0 Å². The van der Waals surface area contributed by atoms with E-state index >= 15 is 0 Å². The number of sulfonamides is 1. The topological polar surface area (TPSA) is 87.7 Å². The smallest absolute Gasteiger partial charge is 0.251 e. The molecule has 1 saturated heterocycles. The van der Waals surface area contributed by atoms with Crippen LogP contribution in [0.1, 0.15) is 48.2 Å². The molecule has 2 fully saturated rings. The van der Waals surface area contributed by atoms with E-state index in [-0.39, 0.29) is 23.0 Å². The lowest BCUT2D eigenvalue weighted by molar-refractivity contribution is -0.0705. The van der Waals surface area contributed by atoms with Crippen molar-refractivity contribution >= 4 is 15.9 Å². The fraction of sp³-hybridized carbons (Fsp3) is 0.480. The minimum absolute atomic E-state index is 0.117. The molecular weight excluding hydrogens is 438 g/mol. The van der Waals surface area contributed by atoms with E-state index in [9.17, 15) is 13.2 Å². The van der Waals surface area contributed by atoms with E-state index in [4.69, 9.17) is 4.74 Å². The van der Waals surface area contributed by atoms with Crippen LogP contribution >= 0.6 is 0 Å². The first kappa shape index (κ1) is 23.9. The number of hydrogen-bond acceptors (Lipinski definition) is 5. The maximum absolute atomic E-state index is 12.8. The predicted molar refractivity (Wildman–Crippen MR) is 127 cm³/mol. The highest BCUT2D eigenvalue weighted by Crippen LogP contribution is 2.28. The Morgan fingerprint density at radius 2 is 1.73 bits per heavy atom. The Kier molecular flexibility index (Phi) is 7.48. The molecule has 0 spiro atoms. The van der Waals surface area contributed by atoms with Crippen LogP contribution < -0.4 is 10.0 Å². The van der Waals surface area contributed by atoms with Crippen molar-refractivity contribution < 1.29 is 17.9 Å². The maximum atomic E-state index is 12.8. The quantitative estimate of drug-likeness (QED) is 0.587. The lowest BCUT2D eigenvalue weighted by Gasteiger charge is -2.35. The average Bonchev–Trinajstić information content (AvgIpc) is 3.61. The van der Waals surface area contributed by atoms with Gasteiger partial charge in [0.1, 0.15) is 0 Å². The second-order valence-electron chi connectivity index (χ2n) is 9.23. The summed E-state index contributed by atoms with van der Waals surface area (Å²) in [6.07, 6.45) is 2.53. The molecule has 0 bridgehead atoms. The number of carbonyl (C=O) groups is 1. The third-order valence-electron chi connectivity index (χ3n) is 6.11. The largest absolute Gasteiger partial charge is 0.373 e. The Hall–Kier alpha value is -2.26. The van der Waals surface area contributed by atoms with Crippen LogP contribution in [0, 0.1) is 5.92 Å². The van der Waals surface area contributed by atoms with E-state index in [2.05, 4.69) is 34.9 Å². The summed E-state index contributed by atoms with van der Waals surface area (Å²) in [4.78, 5) is 15.3. The van der Waals surface area contributed by atoms with Gasteiger partial charge >= 0.3 is 0 Å². The number of nitrogens with zero attached hydrogens (tertiary/aromatic N) is 1. The molecule has 2 aromatic rings. The third-order valence-corrected chi connectivity index (χ3v) is 7.53. The molecule has 0 radical (unpaired) electrons. The van der Waals surface area contributed by atoms with Gasteiger partial charge in [-0.15, -0.1) is 0 Å². The molecule has 178 valence electrons. The summed E-state index contributed by atoms with van der Waals surface area (Å²) >= 11 is 0. The van der Waals surface area contributed by atoms with Gasteiger partial charge in [-0.25, -0.2) is 13.1 Å². The van der Waals surface area contributed by atoms with Crippen molar-refractivity contribution in [3.05, 3.63) is 65.2 Å². The molecule has 1 aliphatic heterocycles. The van der Waals surface area contributed by atoms with E-state index in [1.165, 1.54) is 17.7 Å². The van der Waals surface area contributed by atoms with Gasteiger partial charge in [0, 0.05) is 38.3 Å². The van der Waals surface area contributed by atoms with Gasteiger partial charge in [0.15, 0.2) is 0 Å². The standard InChI is InChI=1S/C25H33N3O4S/c1-18-15-28(16-19(2)32-18)17-23-7-4-3-6-22(23)14-26-25(29)21-8-5-9-24(12-21)33(30,31)27-13-20-10-11-20/h3-9,12,18-20,27H,10-11,13-17H2,1-2H3,(H,26,29). The van der Waals surface area contributed by atoms with Crippen molar-refractivity contribution in [1.82, 2.24) is 14.9 Å². The average molecular weight is 472 g/mol. The Morgan fingerprint density at radius 3 is 2.42 bits per heavy atom. The zero-order chi connectivity index (χ0) is 23.4. The van der Waals surface area contributed by atoms with Crippen LogP contribution in [-0.4, -0.2) is 51.1 Å². The molecule has 33 heavy (non-hydrogen) atoms. The van der Waals surface area contributed by atoms with Gasteiger partial charge < -0.3 is 10.1 Å². The number of morpholine rings is 1. The number of ether oxygens (including phenoxy) is 1. The van der Waals surface area contributed by atoms with Crippen LogP contribution in [0.2, 0.25) is 0 Å². The van der Waals surface area contributed by atoms with Gasteiger partial charge in [0.2, 0.25) is 10.0 Å². The number of hydrogen-bond donors (Lipinski definition) is 2. The van der Waals surface area contributed by atoms with E-state index < -0.39 is 10.0 Å². The van der Waals surface area contributed by atoms with Crippen molar-refractivity contribution in [3.63, 3.8) is 0 Å². The van der Waals surface area contributed by atoms with Crippen LogP contribution in [0.25, 0.3) is 0 Å². The lowest BCUT2D eigenvalue weighted by atomic mass is 10.1. The molecular formula is C25H33N3O4S. The molecule has 1 heterocycles. The molecule has 7 nitrogen and oxygen atoms in total. The molecule has 2 unspecified atom stereocenters. The molecule has 4 rings (SSSR count). The summed E-state index contributed by atoms with van der Waals surface area (Å²) in [6.45, 7) is 7.55. The summed E-state index contributed by atoms with van der Waals surface area (Å²) < 4.78 is 33.6. The predicted octanol–water partition coefficient (Wildman–Crippen LogP) is 2.91. The third kappa shape index (κ3) is 6.63. The summed E-state index contributed by atoms with van der Waals surface area (Å²) in [7, 11) is -3.62. The Morgan fingerprint density at radius 1 is 1.03 bits per heavy atom. The maximum Gasteiger partial charge on any atom is 0.251 e. The zero-order valence-corrected chi connectivity index (χ0v) is 20.1. The molecule has 1 aliphatic carbocycles. The monoisotopic (exact) mass is 471 g/mol. The van der Waals surface area contributed by atoms with Crippen LogP contribution in [0.15, 0.2) is 53.4 Å². The number of nitrogens with one attached hydrogen (secondary N) is 2. The first-order chi connectivity index (χ1) is 15.8. The van der Waals surface area contributed by atoms with E-state index in [1.807, 2.05) is 18.2 Å².